The van der Waals surface area contributed by atoms with Gasteiger partial charge in [-0.2, -0.15) is 0 Å². The average molecular weight is 441 g/mol. The highest BCUT2D eigenvalue weighted by atomic mass is 32.1. The van der Waals surface area contributed by atoms with E-state index in [1.807, 2.05) is 30.3 Å². The quantitative estimate of drug-likeness (QED) is 0.621. The number of rotatable bonds is 6. The Kier molecular flexibility index (Phi) is 6.70. The average Bonchev–Trinajstić information content (AvgIpc) is 3.16. The Morgan fingerprint density at radius 1 is 0.968 bits per heavy atom. The highest BCUT2D eigenvalue weighted by Crippen LogP contribution is 2.39. The number of carbonyl (C=O) groups is 3. The number of hydrogen-bond acceptors (Lipinski definition) is 4. The monoisotopic (exact) mass is 440 g/mol. The van der Waals surface area contributed by atoms with Crippen LogP contribution in [0.15, 0.2) is 30.3 Å². The number of nitrogens with one attached hydrogen (secondary N) is 2. The first-order valence-corrected chi connectivity index (χ1v) is 11.9. The molecule has 2 amide bonds. The van der Waals surface area contributed by atoms with E-state index in [0.29, 0.717) is 30.0 Å². The third-order valence-corrected chi connectivity index (χ3v) is 7.56. The van der Waals surface area contributed by atoms with E-state index in [1.165, 1.54) is 11.3 Å². The number of amides is 2. The van der Waals surface area contributed by atoms with Gasteiger partial charge in [0.2, 0.25) is 5.91 Å². The van der Waals surface area contributed by atoms with Gasteiger partial charge < -0.3 is 15.7 Å². The van der Waals surface area contributed by atoms with Crippen LogP contribution in [0.1, 0.15) is 64.9 Å². The van der Waals surface area contributed by atoms with Gasteiger partial charge in [-0.3, -0.25) is 14.4 Å². The maximum absolute atomic E-state index is 13.2. The Hall–Kier alpha value is -2.67. The zero-order chi connectivity index (χ0) is 21.8. The van der Waals surface area contributed by atoms with Crippen molar-refractivity contribution >= 4 is 34.1 Å². The van der Waals surface area contributed by atoms with Gasteiger partial charge in [0.1, 0.15) is 5.00 Å². The Morgan fingerprint density at radius 3 is 2.42 bits per heavy atom. The topological polar surface area (TPSA) is 95.5 Å². The lowest BCUT2D eigenvalue weighted by molar-refractivity contribution is -0.147. The molecule has 1 saturated carbocycles. The molecule has 2 aromatic rings. The second-order valence-corrected chi connectivity index (χ2v) is 9.51. The van der Waals surface area contributed by atoms with Gasteiger partial charge in [-0.15, -0.1) is 11.3 Å². The van der Waals surface area contributed by atoms with Gasteiger partial charge >= 0.3 is 5.97 Å². The SMILES string of the molecule is O=C(NCc1ccccc1)c1c(NC(=O)C2CCCCC2C(=O)O)sc2c1CCCC2. The molecule has 31 heavy (non-hydrogen) atoms. The Bertz CT molecular complexity index is 969. The van der Waals surface area contributed by atoms with Crippen molar-refractivity contribution < 1.29 is 19.5 Å². The van der Waals surface area contributed by atoms with Gasteiger partial charge in [-0.25, -0.2) is 0 Å². The van der Waals surface area contributed by atoms with Gasteiger partial charge in [0.15, 0.2) is 0 Å². The molecule has 2 unspecified atom stereocenters. The van der Waals surface area contributed by atoms with E-state index < -0.39 is 17.8 Å². The van der Waals surface area contributed by atoms with Crippen LogP contribution in [0, 0.1) is 11.8 Å². The first kappa shape index (κ1) is 21.6. The van der Waals surface area contributed by atoms with Crippen LogP contribution in [-0.2, 0) is 29.0 Å². The van der Waals surface area contributed by atoms with E-state index in [1.54, 1.807) is 0 Å². The van der Waals surface area contributed by atoms with Crippen LogP contribution in [0.5, 0.6) is 0 Å². The number of hydrogen-bond donors (Lipinski definition) is 3. The summed E-state index contributed by atoms with van der Waals surface area (Å²) in [5.74, 6) is -2.57. The summed E-state index contributed by atoms with van der Waals surface area (Å²) in [5.41, 5.74) is 2.61. The second-order valence-electron chi connectivity index (χ2n) is 8.41. The molecular formula is C24H28N2O4S. The third kappa shape index (κ3) is 4.82. The lowest BCUT2D eigenvalue weighted by atomic mass is 9.78. The van der Waals surface area contributed by atoms with Gasteiger partial charge in [0, 0.05) is 11.4 Å². The summed E-state index contributed by atoms with van der Waals surface area (Å²) in [4.78, 5) is 39.0. The van der Waals surface area contributed by atoms with Crippen molar-refractivity contribution in [2.75, 3.05) is 5.32 Å². The molecule has 0 radical (unpaired) electrons. The van der Waals surface area contributed by atoms with Crippen LogP contribution in [0.25, 0.3) is 0 Å². The molecule has 1 fully saturated rings. The maximum atomic E-state index is 13.2. The summed E-state index contributed by atoms with van der Waals surface area (Å²) in [6.45, 7) is 0.418. The molecule has 2 aliphatic carbocycles. The molecule has 1 aromatic heterocycles. The van der Waals surface area contributed by atoms with Gasteiger partial charge in [-0.1, -0.05) is 43.2 Å². The van der Waals surface area contributed by atoms with E-state index >= 15 is 0 Å². The highest BCUT2D eigenvalue weighted by Gasteiger charge is 2.37. The molecule has 6 nitrogen and oxygen atoms in total. The molecule has 2 atom stereocenters. The summed E-state index contributed by atoms with van der Waals surface area (Å²) in [6.07, 6.45) is 6.64. The summed E-state index contributed by atoms with van der Waals surface area (Å²) < 4.78 is 0. The van der Waals surface area contributed by atoms with Crippen molar-refractivity contribution in [1.29, 1.82) is 0 Å². The van der Waals surface area contributed by atoms with Crippen molar-refractivity contribution in [3.05, 3.63) is 51.9 Å². The summed E-state index contributed by atoms with van der Waals surface area (Å²) in [6, 6.07) is 9.72. The number of carbonyl (C=O) groups excluding carboxylic acids is 2. The summed E-state index contributed by atoms with van der Waals surface area (Å²) >= 11 is 1.47. The van der Waals surface area contributed by atoms with E-state index in [2.05, 4.69) is 10.6 Å². The summed E-state index contributed by atoms with van der Waals surface area (Å²) in [5, 5.41) is 16.1. The zero-order valence-corrected chi connectivity index (χ0v) is 18.3. The molecule has 0 aliphatic heterocycles. The molecule has 0 spiro atoms. The molecule has 0 saturated heterocycles. The number of carboxylic acids is 1. The highest BCUT2D eigenvalue weighted by molar-refractivity contribution is 7.17. The minimum absolute atomic E-state index is 0.183. The van der Waals surface area contributed by atoms with Crippen LogP contribution in [0.4, 0.5) is 5.00 Å². The fourth-order valence-electron chi connectivity index (χ4n) is 4.71. The number of aryl methyl sites for hydroxylation is 1. The smallest absolute Gasteiger partial charge is 0.307 e. The van der Waals surface area contributed by atoms with Crippen molar-refractivity contribution in [3.8, 4) is 0 Å². The van der Waals surface area contributed by atoms with Crippen molar-refractivity contribution in [1.82, 2.24) is 5.32 Å². The first-order valence-electron chi connectivity index (χ1n) is 11.0. The van der Waals surface area contributed by atoms with Crippen molar-refractivity contribution in [2.24, 2.45) is 11.8 Å². The predicted octanol–water partition coefficient (Wildman–Crippen LogP) is 4.39. The lowest BCUT2D eigenvalue weighted by Gasteiger charge is -2.27. The normalized spacial score (nSPS) is 20.5. The molecule has 0 bridgehead atoms. The summed E-state index contributed by atoms with van der Waals surface area (Å²) in [7, 11) is 0. The maximum Gasteiger partial charge on any atom is 0.307 e. The van der Waals surface area contributed by atoms with Gasteiger partial charge in [-0.05, 0) is 49.7 Å². The first-order chi connectivity index (χ1) is 15.0. The molecule has 3 N–H and O–H groups in total. The van der Waals surface area contributed by atoms with Crippen LogP contribution in [-0.4, -0.2) is 22.9 Å². The molecular weight excluding hydrogens is 412 g/mol. The number of aliphatic carboxylic acids is 1. The third-order valence-electron chi connectivity index (χ3n) is 6.35. The zero-order valence-electron chi connectivity index (χ0n) is 17.5. The Balaban J connectivity index is 1.55. The molecule has 2 aliphatic rings. The number of thiophene rings is 1. The van der Waals surface area contributed by atoms with Crippen LogP contribution in [0.2, 0.25) is 0 Å². The second kappa shape index (κ2) is 9.64. The lowest BCUT2D eigenvalue weighted by Crippen LogP contribution is -2.36. The van der Waals surface area contributed by atoms with E-state index in [9.17, 15) is 19.5 Å². The Morgan fingerprint density at radius 2 is 1.68 bits per heavy atom. The van der Waals surface area contributed by atoms with Crippen molar-refractivity contribution in [2.45, 2.75) is 57.9 Å². The fourth-order valence-corrected chi connectivity index (χ4v) is 6.00. The molecule has 164 valence electrons. The van der Waals surface area contributed by atoms with Crippen LogP contribution < -0.4 is 10.6 Å². The minimum Gasteiger partial charge on any atom is -0.481 e. The minimum atomic E-state index is -0.911. The van der Waals surface area contributed by atoms with Gasteiger partial charge in [0.05, 0.1) is 17.4 Å². The van der Waals surface area contributed by atoms with Crippen LogP contribution in [0.3, 0.4) is 0 Å². The molecule has 7 heteroatoms. The molecule has 1 heterocycles. The van der Waals surface area contributed by atoms with E-state index in [-0.39, 0.29) is 11.8 Å². The number of anilines is 1. The van der Waals surface area contributed by atoms with Gasteiger partial charge in [0.25, 0.3) is 5.91 Å². The van der Waals surface area contributed by atoms with Crippen LogP contribution >= 0.6 is 11.3 Å². The fraction of sp³-hybridized carbons (Fsp3) is 0.458. The molecule has 1 aromatic carbocycles. The number of benzene rings is 1. The van der Waals surface area contributed by atoms with E-state index in [0.717, 1.165) is 54.5 Å². The number of fused-ring (bicyclic) bond motifs is 1. The largest absolute Gasteiger partial charge is 0.481 e. The van der Waals surface area contributed by atoms with Crippen molar-refractivity contribution in [3.63, 3.8) is 0 Å². The Labute approximate surface area is 186 Å². The van der Waals surface area contributed by atoms with E-state index in [4.69, 9.17) is 0 Å². The molecule has 4 rings (SSSR count). The predicted molar refractivity (Wildman–Crippen MR) is 120 cm³/mol. The number of carboxylic acid groups (broad SMARTS) is 1. The standard InChI is InChI=1S/C24H28N2O4S/c27-21(16-10-4-5-11-17(16)24(29)30)26-23-20(18-12-6-7-13-19(18)31-23)22(28)25-14-15-8-2-1-3-9-15/h1-3,8-9,16-17H,4-7,10-14H2,(H,25,28)(H,26,27)(H,29,30).